The summed E-state index contributed by atoms with van der Waals surface area (Å²) >= 11 is 0. The molecular formula is C12H13N3O2. The van der Waals surface area contributed by atoms with Crippen molar-refractivity contribution >= 4 is 11.7 Å². The van der Waals surface area contributed by atoms with Crippen LogP contribution < -0.4 is 5.32 Å². The minimum atomic E-state index is -0.865. The van der Waals surface area contributed by atoms with Gasteiger partial charge >= 0.3 is 5.97 Å². The quantitative estimate of drug-likeness (QED) is 0.827. The first-order valence-corrected chi connectivity index (χ1v) is 5.54. The molecule has 0 radical (unpaired) electrons. The van der Waals surface area contributed by atoms with Crippen molar-refractivity contribution in [2.75, 3.05) is 5.32 Å². The van der Waals surface area contributed by atoms with Crippen LogP contribution in [0.15, 0.2) is 18.3 Å². The second-order valence-corrected chi connectivity index (χ2v) is 4.26. The van der Waals surface area contributed by atoms with Gasteiger partial charge in [-0.3, -0.25) is 0 Å². The van der Waals surface area contributed by atoms with Crippen LogP contribution in [-0.4, -0.2) is 21.6 Å². The van der Waals surface area contributed by atoms with E-state index in [0.717, 1.165) is 12.8 Å². The Labute approximate surface area is 99.1 Å². The lowest BCUT2D eigenvalue weighted by atomic mass is 9.97. The highest BCUT2D eigenvalue weighted by Gasteiger charge is 2.41. The Balaban J connectivity index is 2.18. The lowest BCUT2D eigenvalue weighted by Gasteiger charge is -2.26. The highest BCUT2D eigenvalue weighted by molar-refractivity contribution is 5.83. The van der Waals surface area contributed by atoms with Gasteiger partial charge in [0.1, 0.15) is 17.3 Å². The normalized spacial score (nSPS) is 17.4. The molecule has 2 rings (SSSR count). The summed E-state index contributed by atoms with van der Waals surface area (Å²) in [5.41, 5.74) is 0.107. The number of hydrogen-bond acceptors (Lipinski definition) is 4. The average molecular weight is 231 g/mol. The van der Waals surface area contributed by atoms with Crippen LogP contribution in [0.1, 0.15) is 31.4 Å². The van der Waals surface area contributed by atoms with Gasteiger partial charge in [0, 0.05) is 0 Å². The number of carbonyl (C=O) groups is 1. The van der Waals surface area contributed by atoms with Gasteiger partial charge in [0.15, 0.2) is 0 Å². The van der Waals surface area contributed by atoms with Crippen molar-refractivity contribution in [2.24, 2.45) is 0 Å². The van der Waals surface area contributed by atoms with Gasteiger partial charge in [-0.25, -0.2) is 9.78 Å². The molecule has 0 unspecified atom stereocenters. The van der Waals surface area contributed by atoms with E-state index in [1.807, 2.05) is 6.07 Å². The van der Waals surface area contributed by atoms with Crippen molar-refractivity contribution in [1.82, 2.24) is 4.98 Å². The molecule has 1 aliphatic rings. The van der Waals surface area contributed by atoms with Crippen LogP contribution in [0, 0.1) is 11.3 Å². The maximum absolute atomic E-state index is 11.3. The first kappa shape index (κ1) is 11.4. The lowest BCUT2D eigenvalue weighted by molar-refractivity contribution is -0.142. The Hall–Kier alpha value is -2.09. The molecule has 17 heavy (non-hydrogen) atoms. The molecule has 0 bridgehead atoms. The standard InChI is InChI=1S/C12H13N3O2/c13-7-9-3-4-10(8-14-9)15-12(11(16)17)5-1-2-6-12/h3-4,8,15H,1-2,5-6H2,(H,16,17). The summed E-state index contributed by atoms with van der Waals surface area (Å²) in [6.07, 6.45) is 4.60. The van der Waals surface area contributed by atoms with Gasteiger partial charge < -0.3 is 10.4 Å². The van der Waals surface area contributed by atoms with Crippen LogP contribution in [0.2, 0.25) is 0 Å². The summed E-state index contributed by atoms with van der Waals surface area (Å²) in [6, 6.07) is 5.19. The van der Waals surface area contributed by atoms with E-state index in [9.17, 15) is 9.90 Å². The van der Waals surface area contributed by atoms with Crippen LogP contribution in [0.3, 0.4) is 0 Å². The Morgan fingerprint density at radius 3 is 2.65 bits per heavy atom. The largest absolute Gasteiger partial charge is 0.480 e. The minimum Gasteiger partial charge on any atom is -0.480 e. The number of nitrogens with one attached hydrogen (secondary N) is 1. The molecule has 2 N–H and O–H groups in total. The summed E-state index contributed by atoms with van der Waals surface area (Å²) in [5, 5.41) is 20.9. The third-order valence-corrected chi connectivity index (χ3v) is 3.13. The molecule has 0 aliphatic heterocycles. The predicted octanol–water partition coefficient (Wildman–Crippen LogP) is 1.76. The summed E-state index contributed by atoms with van der Waals surface area (Å²) in [7, 11) is 0. The third kappa shape index (κ3) is 2.21. The van der Waals surface area contributed by atoms with Crippen LogP contribution in [0.25, 0.3) is 0 Å². The SMILES string of the molecule is N#Cc1ccc(NC2(C(=O)O)CCCC2)cn1. The van der Waals surface area contributed by atoms with E-state index in [-0.39, 0.29) is 0 Å². The Kier molecular flexibility index (Phi) is 2.96. The molecule has 1 aliphatic carbocycles. The zero-order valence-electron chi connectivity index (χ0n) is 9.31. The number of carboxylic acid groups (broad SMARTS) is 1. The van der Waals surface area contributed by atoms with E-state index < -0.39 is 11.5 Å². The van der Waals surface area contributed by atoms with Gasteiger partial charge in [-0.2, -0.15) is 5.26 Å². The van der Waals surface area contributed by atoms with Crippen LogP contribution in [0.5, 0.6) is 0 Å². The first-order chi connectivity index (χ1) is 8.16. The second-order valence-electron chi connectivity index (χ2n) is 4.26. The van der Waals surface area contributed by atoms with Crippen molar-refractivity contribution in [3.63, 3.8) is 0 Å². The number of hydrogen-bond donors (Lipinski definition) is 2. The molecule has 1 heterocycles. The van der Waals surface area contributed by atoms with Gasteiger partial charge in [0.2, 0.25) is 0 Å². The molecule has 0 saturated heterocycles. The molecule has 1 saturated carbocycles. The number of nitrogens with zero attached hydrogens (tertiary/aromatic N) is 2. The van der Waals surface area contributed by atoms with Gasteiger partial charge in [-0.1, -0.05) is 12.8 Å². The molecule has 88 valence electrons. The number of aromatic nitrogens is 1. The molecule has 5 nitrogen and oxygen atoms in total. The summed E-state index contributed by atoms with van der Waals surface area (Å²) in [5.74, 6) is -0.820. The Morgan fingerprint density at radius 2 is 2.18 bits per heavy atom. The van der Waals surface area contributed by atoms with Crippen molar-refractivity contribution in [1.29, 1.82) is 5.26 Å². The number of nitriles is 1. The molecule has 0 amide bonds. The third-order valence-electron chi connectivity index (χ3n) is 3.13. The maximum Gasteiger partial charge on any atom is 0.329 e. The minimum absolute atomic E-state index is 0.325. The molecular weight excluding hydrogens is 218 g/mol. The lowest BCUT2D eigenvalue weighted by Crippen LogP contribution is -2.43. The van der Waals surface area contributed by atoms with E-state index in [0.29, 0.717) is 24.2 Å². The Bertz CT molecular complexity index is 456. The smallest absolute Gasteiger partial charge is 0.329 e. The van der Waals surface area contributed by atoms with Crippen molar-refractivity contribution in [3.05, 3.63) is 24.0 Å². The number of rotatable bonds is 3. The van der Waals surface area contributed by atoms with Gasteiger partial charge in [0.25, 0.3) is 0 Å². The van der Waals surface area contributed by atoms with E-state index in [4.69, 9.17) is 5.26 Å². The molecule has 1 aromatic heterocycles. The summed E-state index contributed by atoms with van der Waals surface area (Å²) < 4.78 is 0. The molecule has 0 atom stereocenters. The topological polar surface area (TPSA) is 86.0 Å². The van der Waals surface area contributed by atoms with Crippen LogP contribution in [-0.2, 0) is 4.79 Å². The number of anilines is 1. The van der Waals surface area contributed by atoms with Gasteiger partial charge in [-0.05, 0) is 25.0 Å². The highest BCUT2D eigenvalue weighted by atomic mass is 16.4. The molecule has 0 spiro atoms. The second kappa shape index (κ2) is 4.42. The fraction of sp³-hybridized carbons (Fsp3) is 0.417. The summed E-state index contributed by atoms with van der Waals surface area (Å²) in [4.78, 5) is 15.2. The van der Waals surface area contributed by atoms with Gasteiger partial charge in [0.05, 0.1) is 11.9 Å². The average Bonchev–Trinajstić information content (AvgIpc) is 2.80. The fourth-order valence-corrected chi connectivity index (χ4v) is 2.18. The number of carboxylic acids is 1. The molecule has 1 aromatic rings. The maximum atomic E-state index is 11.3. The van der Waals surface area contributed by atoms with Crippen molar-refractivity contribution in [3.8, 4) is 6.07 Å². The number of pyridine rings is 1. The van der Waals surface area contributed by atoms with Crippen molar-refractivity contribution in [2.45, 2.75) is 31.2 Å². The summed E-state index contributed by atoms with van der Waals surface area (Å²) in [6.45, 7) is 0. The van der Waals surface area contributed by atoms with E-state index in [1.165, 1.54) is 6.20 Å². The van der Waals surface area contributed by atoms with Crippen LogP contribution in [0.4, 0.5) is 5.69 Å². The van der Waals surface area contributed by atoms with E-state index in [2.05, 4.69) is 10.3 Å². The molecule has 1 fully saturated rings. The zero-order valence-corrected chi connectivity index (χ0v) is 9.31. The monoisotopic (exact) mass is 231 g/mol. The number of aliphatic carboxylic acids is 1. The van der Waals surface area contributed by atoms with Crippen molar-refractivity contribution < 1.29 is 9.90 Å². The zero-order chi connectivity index (χ0) is 12.3. The fourth-order valence-electron chi connectivity index (χ4n) is 2.18. The highest BCUT2D eigenvalue weighted by Crippen LogP contribution is 2.33. The molecule has 0 aromatic carbocycles. The van der Waals surface area contributed by atoms with Gasteiger partial charge in [-0.15, -0.1) is 0 Å². The first-order valence-electron chi connectivity index (χ1n) is 5.54. The van der Waals surface area contributed by atoms with Crippen LogP contribution >= 0.6 is 0 Å². The Morgan fingerprint density at radius 1 is 1.47 bits per heavy atom. The molecule has 5 heteroatoms. The van der Waals surface area contributed by atoms with E-state index >= 15 is 0 Å². The van der Waals surface area contributed by atoms with E-state index in [1.54, 1.807) is 12.1 Å². The predicted molar refractivity (Wildman–Crippen MR) is 61.4 cm³/mol.